The minimum Gasteiger partial charge on any atom is -0.392 e. The van der Waals surface area contributed by atoms with E-state index in [2.05, 4.69) is 4.98 Å². The van der Waals surface area contributed by atoms with Gasteiger partial charge in [0.1, 0.15) is 0 Å². The molecule has 0 aromatic carbocycles. The number of amides is 1. The molecular formula is C6H9N3O2. The molecule has 5 nitrogen and oxygen atoms in total. The molecule has 0 bridgehead atoms. The van der Waals surface area contributed by atoms with Gasteiger partial charge < -0.3 is 9.72 Å². The number of aromatic nitrogens is 1. The van der Waals surface area contributed by atoms with Crippen molar-refractivity contribution in [1.29, 1.82) is 0 Å². The zero-order valence-electron chi connectivity index (χ0n) is 6.07. The van der Waals surface area contributed by atoms with Crippen LogP contribution < -0.4 is 10.6 Å². The Hall–Kier alpha value is -1.49. The van der Waals surface area contributed by atoms with E-state index < -0.39 is 6.09 Å². The Bertz CT molecular complexity index is 230. The molecule has 0 atom stereocenters. The van der Waals surface area contributed by atoms with Gasteiger partial charge in [0, 0.05) is 19.3 Å². The van der Waals surface area contributed by atoms with Crippen molar-refractivity contribution in [3.8, 4) is 5.88 Å². The number of hydrogen-bond donors (Lipinski definition) is 2. The lowest BCUT2D eigenvalue weighted by Crippen LogP contribution is -2.35. The Labute approximate surface area is 63.7 Å². The van der Waals surface area contributed by atoms with Gasteiger partial charge in [0.2, 0.25) is 5.88 Å². The standard InChI is InChI=1S/C6H9N3O2/c1-9(7)6(10)11-5-3-2-4-8-5/h2-4,8H,7H2,1H3. The molecule has 1 aromatic heterocycles. The van der Waals surface area contributed by atoms with E-state index in [0.29, 0.717) is 5.88 Å². The van der Waals surface area contributed by atoms with E-state index >= 15 is 0 Å². The van der Waals surface area contributed by atoms with Crippen molar-refractivity contribution in [2.75, 3.05) is 7.05 Å². The maximum Gasteiger partial charge on any atom is 0.430 e. The largest absolute Gasteiger partial charge is 0.430 e. The molecule has 0 radical (unpaired) electrons. The van der Waals surface area contributed by atoms with E-state index in [-0.39, 0.29) is 0 Å². The Balaban J connectivity index is 2.50. The number of carbonyl (C=O) groups is 1. The molecular weight excluding hydrogens is 146 g/mol. The van der Waals surface area contributed by atoms with Crippen molar-refractivity contribution in [1.82, 2.24) is 9.99 Å². The third-order valence-electron chi connectivity index (χ3n) is 1.05. The van der Waals surface area contributed by atoms with E-state index in [1.807, 2.05) is 0 Å². The summed E-state index contributed by atoms with van der Waals surface area (Å²) >= 11 is 0. The number of nitrogens with two attached hydrogens (primary N) is 1. The molecule has 1 rings (SSSR count). The highest BCUT2D eigenvalue weighted by Crippen LogP contribution is 2.04. The number of carbonyl (C=O) groups excluding carboxylic acids is 1. The first-order valence-electron chi connectivity index (χ1n) is 3.04. The van der Waals surface area contributed by atoms with Crippen molar-refractivity contribution < 1.29 is 9.53 Å². The molecule has 1 aromatic rings. The Morgan fingerprint density at radius 1 is 1.82 bits per heavy atom. The monoisotopic (exact) mass is 155 g/mol. The highest BCUT2D eigenvalue weighted by Gasteiger charge is 2.06. The summed E-state index contributed by atoms with van der Waals surface area (Å²) in [4.78, 5) is 13.5. The average molecular weight is 155 g/mol. The van der Waals surface area contributed by atoms with Crippen LogP contribution in [0.5, 0.6) is 5.88 Å². The molecule has 0 fully saturated rings. The molecule has 0 saturated heterocycles. The van der Waals surface area contributed by atoms with E-state index in [1.165, 1.54) is 7.05 Å². The molecule has 0 spiro atoms. The summed E-state index contributed by atoms with van der Waals surface area (Å²) in [5, 5.41) is 0.862. The zero-order valence-corrected chi connectivity index (χ0v) is 6.07. The second kappa shape index (κ2) is 3.07. The van der Waals surface area contributed by atoms with E-state index in [9.17, 15) is 4.79 Å². The molecule has 0 unspecified atom stereocenters. The number of aromatic amines is 1. The second-order valence-electron chi connectivity index (χ2n) is 2.01. The molecule has 11 heavy (non-hydrogen) atoms. The third-order valence-corrected chi connectivity index (χ3v) is 1.05. The lowest BCUT2D eigenvalue weighted by Gasteiger charge is -2.07. The van der Waals surface area contributed by atoms with E-state index in [4.69, 9.17) is 10.6 Å². The Morgan fingerprint density at radius 3 is 3.00 bits per heavy atom. The van der Waals surface area contributed by atoms with Crippen LogP contribution >= 0.6 is 0 Å². The number of ether oxygens (including phenoxy) is 1. The molecule has 3 N–H and O–H groups in total. The minimum atomic E-state index is -0.604. The van der Waals surface area contributed by atoms with Gasteiger partial charge in [0.25, 0.3) is 0 Å². The van der Waals surface area contributed by atoms with Gasteiger partial charge in [0.05, 0.1) is 0 Å². The molecule has 0 aliphatic carbocycles. The van der Waals surface area contributed by atoms with Gasteiger partial charge >= 0.3 is 6.09 Å². The predicted molar refractivity (Wildman–Crippen MR) is 38.8 cm³/mol. The molecule has 1 amide bonds. The fourth-order valence-corrected chi connectivity index (χ4v) is 0.543. The van der Waals surface area contributed by atoms with Crippen LogP contribution in [0.1, 0.15) is 0 Å². The van der Waals surface area contributed by atoms with Crippen molar-refractivity contribution >= 4 is 6.09 Å². The predicted octanol–water partition coefficient (Wildman–Crippen LogP) is 0.319. The van der Waals surface area contributed by atoms with E-state index in [0.717, 1.165) is 5.01 Å². The minimum absolute atomic E-state index is 0.382. The van der Waals surface area contributed by atoms with Crippen LogP contribution in [0.25, 0.3) is 0 Å². The van der Waals surface area contributed by atoms with Crippen molar-refractivity contribution in [2.45, 2.75) is 0 Å². The summed E-state index contributed by atoms with van der Waals surface area (Å²) in [6.45, 7) is 0. The SMILES string of the molecule is CN(N)C(=O)Oc1ccc[nH]1. The van der Waals surface area contributed by atoms with Gasteiger partial charge in [-0.05, 0) is 6.07 Å². The van der Waals surface area contributed by atoms with E-state index in [1.54, 1.807) is 18.3 Å². The smallest absolute Gasteiger partial charge is 0.392 e. The summed E-state index contributed by atoms with van der Waals surface area (Å²) in [6, 6.07) is 3.35. The maximum absolute atomic E-state index is 10.8. The first-order chi connectivity index (χ1) is 5.20. The van der Waals surface area contributed by atoms with Crippen LogP contribution in [0.4, 0.5) is 4.79 Å². The summed E-state index contributed by atoms with van der Waals surface area (Å²) in [6.07, 6.45) is 1.05. The number of nitrogens with one attached hydrogen (secondary N) is 1. The molecule has 60 valence electrons. The Morgan fingerprint density at radius 2 is 2.55 bits per heavy atom. The van der Waals surface area contributed by atoms with Gasteiger partial charge in [-0.15, -0.1) is 0 Å². The maximum atomic E-state index is 10.8. The van der Waals surface area contributed by atoms with Gasteiger partial charge in [-0.25, -0.2) is 15.6 Å². The van der Waals surface area contributed by atoms with Crippen LogP contribution in [-0.2, 0) is 0 Å². The zero-order chi connectivity index (χ0) is 8.27. The second-order valence-corrected chi connectivity index (χ2v) is 2.01. The van der Waals surface area contributed by atoms with Crippen LogP contribution in [0.3, 0.4) is 0 Å². The number of rotatable bonds is 1. The lowest BCUT2D eigenvalue weighted by atomic mass is 10.6. The number of nitrogens with zero attached hydrogens (tertiary/aromatic N) is 1. The fraction of sp³-hybridized carbons (Fsp3) is 0.167. The van der Waals surface area contributed by atoms with Crippen molar-refractivity contribution in [2.24, 2.45) is 5.84 Å². The lowest BCUT2D eigenvalue weighted by molar-refractivity contribution is 0.162. The summed E-state index contributed by atoms with van der Waals surface area (Å²) in [5.41, 5.74) is 0. The van der Waals surface area contributed by atoms with Crippen LogP contribution in [0.2, 0.25) is 0 Å². The van der Waals surface area contributed by atoms with Gasteiger partial charge in [-0.2, -0.15) is 0 Å². The summed E-state index contributed by atoms with van der Waals surface area (Å²) < 4.78 is 4.72. The quantitative estimate of drug-likeness (QED) is 0.348. The van der Waals surface area contributed by atoms with Crippen molar-refractivity contribution in [3.05, 3.63) is 18.3 Å². The number of hydrogen-bond acceptors (Lipinski definition) is 3. The highest BCUT2D eigenvalue weighted by atomic mass is 16.6. The number of hydrazine groups is 1. The highest BCUT2D eigenvalue weighted by molar-refractivity contribution is 5.68. The van der Waals surface area contributed by atoms with Crippen molar-refractivity contribution in [3.63, 3.8) is 0 Å². The molecule has 0 aliphatic rings. The first kappa shape index (κ1) is 7.62. The molecule has 5 heteroatoms. The molecule has 0 aliphatic heterocycles. The fourth-order valence-electron chi connectivity index (χ4n) is 0.543. The van der Waals surface area contributed by atoms with Gasteiger partial charge in [-0.1, -0.05) is 0 Å². The van der Waals surface area contributed by atoms with Crippen LogP contribution in [-0.4, -0.2) is 23.1 Å². The average Bonchev–Trinajstić information content (AvgIpc) is 2.39. The van der Waals surface area contributed by atoms with Gasteiger partial charge in [-0.3, -0.25) is 0 Å². The third kappa shape index (κ3) is 1.98. The normalized spacial score (nSPS) is 9.27. The Kier molecular flexibility index (Phi) is 2.12. The molecule has 1 heterocycles. The topological polar surface area (TPSA) is 71.3 Å². The van der Waals surface area contributed by atoms with Crippen LogP contribution in [0.15, 0.2) is 18.3 Å². The summed E-state index contributed by atoms with van der Waals surface area (Å²) in [5.74, 6) is 5.48. The molecule has 0 saturated carbocycles. The van der Waals surface area contributed by atoms with Gasteiger partial charge in [0.15, 0.2) is 0 Å². The van der Waals surface area contributed by atoms with Crippen LogP contribution in [0, 0.1) is 0 Å². The first-order valence-corrected chi connectivity index (χ1v) is 3.04. The number of H-pyrrole nitrogens is 1. The summed E-state index contributed by atoms with van der Waals surface area (Å²) in [7, 11) is 1.41.